The summed E-state index contributed by atoms with van der Waals surface area (Å²) in [5.74, 6) is -0.433. The van der Waals surface area contributed by atoms with E-state index in [1.807, 2.05) is 0 Å². The summed E-state index contributed by atoms with van der Waals surface area (Å²) < 4.78 is 40.1. The highest BCUT2D eigenvalue weighted by atomic mass is 32.2. The zero-order chi connectivity index (χ0) is 18.7. The Morgan fingerprint density at radius 1 is 0.885 bits per heavy atom. The molecule has 0 unspecified atom stereocenters. The fraction of sp³-hybridized carbons (Fsp3) is 0.400. The van der Waals surface area contributed by atoms with Gasteiger partial charge in [-0.25, -0.2) is 12.8 Å². The number of piperazine rings is 1. The number of para-hydroxylation sites is 1. The Morgan fingerprint density at radius 2 is 1.42 bits per heavy atom. The van der Waals surface area contributed by atoms with E-state index in [4.69, 9.17) is 0 Å². The van der Waals surface area contributed by atoms with Gasteiger partial charge in [0.1, 0.15) is 5.82 Å². The summed E-state index contributed by atoms with van der Waals surface area (Å²) in [6.45, 7) is 6.47. The molecular formula is C20H25FN2O2S. The van der Waals surface area contributed by atoms with Gasteiger partial charge in [0.2, 0.25) is 10.0 Å². The van der Waals surface area contributed by atoms with Crippen LogP contribution in [0.1, 0.15) is 25.0 Å². The molecule has 0 atom stereocenters. The maximum absolute atomic E-state index is 13.1. The van der Waals surface area contributed by atoms with Crippen LogP contribution in [0.3, 0.4) is 0 Å². The molecule has 2 aromatic carbocycles. The number of rotatable bonds is 5. The van der Waals surface area contributed by atoms with E-state index in [-0.39, 0.29) is 4.90 Å². The van der Waals surface area contributed by atoms with Crippen LogP contribution in [0, 0.1) is 5.82 Å². The van der Waals surface area contributed by atoms with E-state index in [2.05, 4.69) is 36.9 Å². The lowest BCUT2D eigenvalue weighted by Crippen LogP contribution is -2.49. The molecule has 1 aliphatic heterocycles. The predicted molar refractivity (Wildman–Crippen MR) is 103 cm³/mol. The molecule has 0 radical (unpaired) electrons. The van der Waals surface area contributed by atoms with Gasteiger partial charge >= 0.3 is 0 Å². The van der Waals surface area contributed by atoms with E-state index >= 15 is 0 Å². The second-order valence-electron chi connectivity index (χ2n) is 6.48. The van der Waals surface area contributed by atoms with E-state index in [9.17, 15) is 12.8 Å². The van der Waals surface area contributed by atoms with E-state index in [0.29, 0.717) is 26.2 Å². The number of hydrogen-bond donors (Lipinski definition) is 0. The highest BCUT2D eigenvalue weighted by Crippen LogP contribution is 2.29. The lowest BCUT2D eigenvalue weighted by atomic mass is 10.0. The van der Waals surface area contributed by atoms with Crippen molar-refractivity contribution in [1.82, 2.24) is 4.31 Å². The van der Waals surface area contributed by atoms with Crippen molar-refractivity contribution in [1.29, 1.82) is 0 Å². The maximum atomic E-state index is 13.1. The molecular weight excluding hydrogens is 351 g/mol. The molecule has 26 heavy (non-hydrogen) atoms. The fourth-order valence-electron chi connectivity index (χ4n) is 3.53. The number of benzene rings is 2. The summed E-state index contributed by atoms with van der Waals surface area (Å²) >= 11 is 0. The average molecular weight is 376 g/mol. The number of halogens is 1. The van der Waals surface area contributed by atoms with Gasteiger partial charge in [-0.05, 0) is 48.2 Å². The van der Waals surface area contributed by atoms with Crippen LogP contribution in [0.5, 0.6) is 0 Å². The monoisotopic (exact) mass is 376 g/mol. The first-order chi connectivity index (χ1) is 12.5. The molecule has 4 nitrogen and oxygen atoms in total. The van der Waals surface area contributed by atoms with Crippen molar-refractivity contribution in [2.45, 2.75) is 31.6 Å². The van der Waals surface area contributed by atoms with Crippen LogP contribution >= 0.6 is 0 Å². The van der Waals surface area contributed by atoms with Crippen molar-refractivity contribution in [3.8, 4) is 0 Å². The summed E-state index contributed by atoms with van der Waals surface area (Å²) in [6, 6.07) is 11.4. The smallest absolute Gasteiger partial charge is 0.243 e. The van der Waals surface area contributed by atoms with Crippen LogP contribution in [-0.2, 0) is 22.9 Å². The average Bonchev–Trinajstić information content (AvgIpc) is 2.67. The quantitative estimate of drug-likeness (QED) is 0.802. The van der Waals surface area contributed by atoms with Gasteiger partial charge < -0.3 is 4.90 Å². The van der Waals surface area contributed by atoms with Gasteiger partial charge in [-0.1, -0.05) is 32.0 Å². The summed E-state index contributed by atoms with van der Waals surface area (Å²) in [6.07, 6.45) is 1.91. The standard InChI is InChI=1S/C20H25FN2O2S/c1-3-16-6-5-7-17(4-2)20(16)22-12-14-23(15-13-22)26(24,25)19-10-8-18(21)9-11-19/h5-11H,3-4,12-15H2,1-2H3. The predicted octanol–water partition coefficient (Wildman–Crippen LogP) is 3.46. The number of anilines is 1. The van der Waals surface area contributed by atoms with Gasteiger partial charge in [0.15, 0.2) is 0 Å². The molecule has 0 aliphatic carbocycles. The topological polar surface area (TPSA) is 40.6 Å². The zero-order valence-electron chi connectivity index (χ0n) is 15.3. The Balaban J connectivity index is 1.79. The van der Waals surface area contributed by atoms with Gasteiger partial charge in [0.25, 0.3) is 0 Å². The number of hydrogen-bond acceptors (Lipinski definition) is 3. The molecule has 2 aromatic rings. The third kappa shape index (κ3) is 3.62. The molecule has 140 valence electrons. The summed E-state index contributed by atoms with van der Waals surface area (Å²) in [5, 5.41) is 0. The molecule has 1 heterocycles. The molecule has 0 N–H and O–H groups in total. The Labute approximate surface area is 155 Å². The fourth-order valence-corrected chi connectivity index (χ4v) is 4.95. The molecule has 0 bridgehead atoms. The second kappa shape index (κ2) is 7.76. The van der Waals surface area contributed by atoms with Crippen LogP contribution in [0.15, 0.2) is 47.4 Å². The van der Waals surface area contributed by atoms with Gasteiger partial charge in [0, 0.05) is 31.9 Å². The van der Waals surface area contributed by atoms with E-state index in [0.717, 1.165) is 12.8 Å². The van der Waals surface area contributed by atoms with Crippen molar-refractivity contribution in [2.75, 3.05) is 31.1 Å². The van der Waals surface area contributed by atoms with Crippen molar-refractivity contribution in [3.63, 3.8) is 0 Å². The highest BCUT2D eigenvalue weighted by Gasteiger charge is 2.29. The number of sulfonamides is 1. The zero-order valence-corrected chi connectivity index (χ0v) is 16.1. The van der Waals surface area contributed by atoms with Crippen LogP contribution in [-0.4, -0.2) is 38.9 Å². The molecule has 1 aliphatic rings. The summed E-state index contributed by atoms with van der Waals surface area (Å²) in [4.78, 5) is 2.45. The van der Waals surface area contributed by atoms with Crippen molar-refractivity contribution < 1.29 is 12.8 Å². The first kappa shape index (κ1) is 18.9. The molecule has 0 spiro atoms. The minimum Gasteiger partial charge on any atom is -0.368 e. The SMILES string of the molecule is CCc1cccc(CC)c1N1CCN(S(=O)(=O)c2ccc(F)cc2)CC1. The Morgan fingerprint density at radius 3 is 1.92 bits per heavy atom. The number of aryl methyl sites for hydroxylation is 2. The van der Waals surface area contributed by atoms with Crippen molar-refractivity contribution >= 4 is 15.7 Å². The third-order valence-electron chi connectivity index (χ3n) is 4.97. The molecule has 1 fully saturated rings. The van der Waals surface area contributed by atoms with E-state index in [1.54, 1.807) is 0 Å². The van der Waals surface area contributed by atoms with Crippen molar-refractivity contribution in [2.24, 2.45) is 0 Å². The molecule has 0 aromatic heterocycles. The first-order valence-corrected chi connectivity index (χ1v) is 10.5. The minimum atomic E-state index is -3.58. The molecule has 3 rings (SSSR count). The lowest BCUT2D eigenvalue weighted by Gasteiger charge is -2.37. The normalized spacial score (nSPS) is 16.0. The van der Waals surface area contributed by atoms with Crippen LogP contribution in [0.4, 0.5) is 10.1 Å². The van der Waals surface area contributed by atoms with Gasteiger partial charge in [-0.3, -0.25) is 0 Å². The van der Waals surface area contributed by atoms with Crippen LogP contribution < -0.4 is 4.90 Å². The molecule has 1 saturated heterocycles. The highest BCUT2D eigenvalue weighted by molar-refractivity contribution is 7.89. The van der Waals surface area contributed by atoms with Crippen LogP contribution in [0.25, 0.3) is 0 Å². The summed E-state index contributed by atoms with van der Waals surface area (Å²) in [5.41, 5.74) is 3.87. The van der Waals surface area contributed by atoms with E-state index in [1.165, 1.54) is 45.4 Å². The van der Waals surface area contributed by atoms with E-state index < -0.39 is 15.8 Å². The Bertz CT molecular complexity index is 836. The second-order valence-corrected chi connectivity index (χ2v) is 8.41. The number of nitrogens with zero attached hydrogens (tertiary/aromatic N) is 2. The van der Waals surface area contributed by atoms with Gasteiger partial charge in [0.05, 0.1) is 4.90 Å². The Kier molecular flexibility index (Phi) is 5.63. The van der Waals surface area contributed by atoms with Crippen LogP contribution in [0.2, 0.25) is 0 Å². The Hall–Kier alpha value is -1.92. The summed E-state index contributed by atoms with van der Waals surface area (Å²) in [7, 11) is -3.58. The van der Waals surface area contributed by atoms with Gasteiger partial charge in [-0.15, -0.1) is 0 Å². The van der Waals surface area contributed by atoms with Gasteiger partial charge in [-0.2, -0.15) is 4.31 Å². The minimum absolute atomic E-state index is 0.149. The molecule has 0 amide bonds. The molecule has 6 heteroatoms. The maximum Gasteiger partial charge on any atom is 0.243 e. The molecule has 0 saturated carbocycles. The third-order valence-corrected chi connectivity index (χ3v) is 6.88. The first-order valence-electron chi connectivity index (χ1n) is 9.08. The largest absolute Gasteiger partial charge is 0.368 e. The lowest BCUT2D eigenvalue weighted by molar-refractivity contribution is 0.384. The van der Waals surface area contributed by atoms with Crippen molar-refractivity contribution in [3.05, 3.63) is 59.4 Å².